The minimum Gasteiger partial charge on any atom is -0.0839 e. The van der Waals surface area contributed by atoms with E-state index >= 15 is 0 Å². The maximum absolute atomic E-state index is 2.42. The van der Waals surface area contributed by atoms with Crippen LogP contribution < -0.4 is 0 Å². The summed E-state index contributed by atoms with van der Waals surface area (Å²) in [6.07, 6.45) is 27.5. The molecule has 0 nitrogen and oxygen atoms in total. The highest BCUT2D eigenvalue weighted by molar-refractivity contribution is 5.57. The monoisotopic (exact) mass is 246 g/mol. The fraction of sp³-hybridized carbons (Fsp3) is 0.263. The summed E-state index contributed by atoms with van der Waals surface area (Å²) in [7, 11) is 0. The van der Waals surface area contributed by atoms with Crippen molar-refractivity contribution in [3.63, 3.8) is 0 Å². The molecule has 4 rings (SSSR count). The Balaban J connectivity index is 1.92. The molecule has 0 saturated carbocycles. The zero-order valence-electron chi connectivity index (χ0n) is 11.0. The van der Waals surface area contributed by atoms with Gasteiger partial charge >= 0.3 is 0 Å². The predicted octanol–water partition coefficient (Wildman–Crippen LogP) is 4.67. The average Bonchev–Trinajstić information content (AvgIpc) is 2.58. The lowest BCUT2D eigenvalue weighted by Gasteiger charge is -2.23. The molecular formula is C19H18. The van der Waals surface area contributed by atoms with Crippen LogP contribution in [0.15, 0.2) is 83.6 Å². The third kappa shape index (κ3) is 1.67. The lowest BCUT2D eigenvalue weighted by Crippen LogP contribution is -2.16. The summed E-state index contributed by atoms with van der Waals surface area (Å²) in [6, 6.07) is 0. The van der Waals surface area contributed by atoms with Gasteiger partial charge in [0.2, 0.25) is 0 Å². The summed E-state index contributed by atoms with van der Waals surface area (Å²) in [4.78, 5) is 0. The van der Waals surface area contributed by atoms with Gasteiger partial charge in [-0.15, -0.1) is 0 Å². The molecule has 0 amide bonds. The van der Waals surface area contributed by atoms with Gasteiger partial charge in [0, 0.05) is 5.92 Å². The topological polar surface area (TPSA) is 0 Å². The fourth-order valence-corrected chi connectivity index (χ4v) is 3.93. The molecule has 0 spiro atoms. The zero-order valence-corrected chi connectivity index (χ0v) is 11.0. The molecule has 4 aliphatic rings. The summed E-state index contributed by atoms with van der Waals surface area (Å²) in [5.41, 5.74) is 4.56. The van der Waals surface area contributed by atoms with Gasteiger partial charge in [0.15, 0.2) is 0 Å². The second-order valence-electron chi connectivity index (χ2n) is 5.69. The molecule has 3 atom stereocenters. The molecule has 0 saturated heterocycles. The van der Waals surface area contributed by atoms with Crippen LogP contribution in [0.4, 0.5) is 0 Å². The molecule has 3 unspecified atom stereocenters. The van der Waals surface area contributed by atoms with Gasteiger partial charge in [-0.05, 0) is 41.4 Å². The molecule has 0 heterocycles. The second-order valence-corrected chi connectivity index (χ2v) is 5.69. The molecule has 0 aromatic rings. The Kier molecular flexibility index (Phi) is 2.55. The molecule has 94 valence electrons. The summed E-state index contributed by atoms with van der Waals surface area (Å²) in [5.74, 6) is 1.95. The second kappa shape index (κ2) is 4.38. The van der Waals surface area contributed by atoms with E-state index in [0.29, 0.717) is 17.8 Å². The smallest absolute Gasteiger partial charge is 0.00929 e. The number of fused-ring (bicyclic) bond motifs is 3. The van der Waals surface area contributed by atoms with Crippen molar-refractivity contribution in [3.8, 4) is 0 Å². The van der Waals surface area contributed by atoms with Crippen LogP contribution in [0.5, 0.6) is 0 Å². The van der Waals surface area contributed by atoms with Crippen LogP contribution in [0.3, 0.4) is 0 Å². The van der Waals surface area contributed by atoms with Gasteiger partial charge < -0.3 is 0 Å². The predicted molar refractivity (Wildman–Crippen MR) is 80.5 cm³/mol. The lowest BCUT2D eigenvalue weighted by atomic mass is 9.80. The van der Waals surface area contributed by atoms with Crippen molar-refractivity contribution in [2.45, 2.75) is 12.8 Å². The minimum atomic E-state index is 0.586. The van der Waals surface area contributed by atoms with Crippen LogP contribution in [-0.4, -0.2) is 0 Å². The maximum Gasteiger partial charge on any atom is 0.00929 e. The van der Waals surface area contributed by atoms with Crippen LogP contribution >= 0.6 is 0 Å². The van der Waals surface area contributed by atoms with Crippen molar-refractivity contribution >= 4 is 0 Å². The molecule has 0 radical (unpaired) electrons. The van der Waals surface area contributed by atoms with Crippen molar-refractivity contribution in [1.82, 2.24) is 0 Å². The molecule has 0 aliphatic heterocycles. The average molecular weight is 246 g/mol. The summed E-state index contributed by atoms with van der Waals surface area (Å²) >= 11 is 0. The van der Waals surface area contributed by atoms with E-state index in [1.54, 1.807) is 5.57 Å². The normalized spacial score (nSPS) is 38.9. The van der Waals surface area contributed by atoms with Crippen LogP contribution in [0.25, 0.3) is 0 Å². The summed E-state index contributed by atoms with van der Waals surface area (Å²) in [6.45, 7) is 0. The standard InChI is InChI=1S/C19H18/c1-2-8-14-9-4-5-13-18-16-11-7-6-10-15(16)17(12-3-1)19(14)18/h1-4,6-12,15-16,18H,5,13H2/b2-1-,3-1?,8-2?,12-3?,14-8-,17-12?. The number of hydrogen-bond acceptors (Lipinski definition) is 0. The Morgan fingerprint density at radius 2 is 1.84 bits per heavy atom. The van der Waals surface area contributed by atoms with Crippen molar-refractivity contribution in [1.29, 1.82) is 0 Å². The van der Waals surface area contributed by atoms with E-state index in [-0.39, 0.29) is 0 Å². The first-order valence-corrected chi connectivity index (χ1v) is 7.26. The molecule has 19 heavy (non-hydrogen) atoms. The van der Waals surface area contributed by atoms with Crippen LogP contribution in [-0.2, 0) is 0 Å². The van der Waals surface area contributed by atoms with Crippen molar-refractivity contribution < 1.29 is 0 Å². The van der Waals surface area contributed by atoms with Gasteiger partial charge in [0.05, 0.1) is 0 Å². The summed E-state index contributed by atoms with van der Waals surface area (Å²) < 4.78 is 0. The van der Waals surface area contributed by atoms with Gasteiger partial charge in [0.25, 0.3) is 0 Å². The van der Waals surface area contributed by atoms with E-state index in [4.69, 9.17) is 0 Å². The lowest BCUT2D eigenvalue weighted by molar-refractivity contribution is 0.418. The number of rotatable bonds is 0. The number of hydrogen-bond donors (Lipinski definition) is 0. The van der Waals surface area contributed by atoms with Gasteiger partial charge in [-0.1, -0.05) is 66.8 Å². The van der Waals surface area contributed by atoms with Gasteiger partial charge in [0.1, 0.15) is 0 Å². The largest absolute Gasteiger partial charge is 0.0839 e. The Bertz CT molecular complexity index is 602. The van der Waals surface area contributed by atoms with E-state index in [0.717, 1.165) is 0 Å². The van der Waals surface area contributed by atoms with Crippen molar-refractivity contribution in [2.24, 2.45) is 17.8 Å². The zero-order chi connectivity index (χ0) is 12.7. The quantitative estimate of drug-likeness (QED) is 0.582. The molecule has 0 N–H and O–H groups in total. The fourth-order valence-electron chi connectivity index (χ4n) is 3.93. The molecule has 0 fully saturated rings. The Hall–Kier alpha value is -1.82. The van der Waals surface area contributed by atoms with E-state index < -0.39 is 0 Å². The van der Waals surface area contributed by atoms with Crippen molar-refractivity contribution in [3.05, 3.63) is 83.6 Å². The first-order chi connectivity index (χ1) is 9.45. The molecule has 4 aliphatic carbocycles. The highest BCUT2D eigenvalue weighted by Gasteiger charge is 2.40. The van der Waals surface area contributed by atoms with Gasteiger partial charge in [-0.3, -0.25) is 0 Å². The van der Waals surface area contributed by atoms with E-state index in [9.17, 15) is 0 Å². The Morgan fingerprint density at radius 1 is 0.895 bits per heavy atom. The third-order valence-electron chi connectivity index (χ3n) is 4.71. The first kappa shape index (κ1) is 11.0. The molecule has 0 bridgehead atoms. The molecule has 0 aromatic heterocycles. The van der Waals surface area contributed by atoms with Crippen molar-refractivity contribution in [2.75, 3.05) is 0 Å². The minimum absolute atomic E-state index is 0.586. The maximum atomic E-state index is 2.42. The summed E-state index contributed by atoms with van der Waals surface area (Å²) in [5, 5.41) is 0. The van der Waals surface area contributed by atoms with Gasteiger partial charge in [-0.25, -0.2) is 0 Å². The SMILES string of the molecule is C1=CC2C3=C4/C(=C\C=C/C=C3)C=CCCC4C2C=C1. The first-order valence-electron chi connectivity index (χ1n) is 7.26. The van der Waals surface area contributed by atoms with E-state index in [1.807, 2.05) is 0 Å². The number of allylic oxidation sites excluding steroid dienone is 14. The van der Waals surface area contributed by atoms with Gasteiger partial charge in [-0.2, -0.15) is 0 Å². The van der Waals surface area contributed by atoms with Crippen LogP contribution in [0, 0.1) is 17.8 Å². The van der Waals surface area contributed by atoms with Crippen LogP contribution in [0.1, 0.15) is 12.8 Å². The Labute approximate surface area is 114 Å². The Morgan fingerprint density at radius 3 is 2.84 bits per heavy atom. The highest BCUT2D eigenvalue weighted by Crippen LogP contribution is 2.51. The molecule has 0 heteroatoms. The third-order valence-corrected chi connectivity index (χ3v) is 4.71. The van der Waals surface area contributed by atoms with E-state index in [2.05, 4.69) is 66.8 Å². The van der Waals surface area contributed by atoms with E-state index in [1.165, 1.54) is 24.0 Å². The van der Waals surface area contributed by atoms with Crippen LogP contribution in [0.2, 0.25) is 0 Å². The molecule has 0 aromatic carbocycles. The molecular weight excluding hydrogens is 228 g/mol. The highest BCUT2D eigenvalue weighted by atomic mass is 14.4.